The van der Waals surface area contributed by atoms with Crippen LogP contribution >= 0.6 is 0 Å². The van der Waals surface area contributed by atoms with E-state index in [1.165, 1.54) is 0 Å². The average Bonchev–Trinajstić information content (AvgIpc) is 3.17. The Balaban J connectivity index is 1.67. The minimum atomic E-state index is -1.18. The molecule has 0 atom stereocenters. The molecule has 0 fully saturated rings. The molecule has 1 heterocycles. The highest BCUT2D eigenvalue weighted by Crippen LogP contribution is 2.24. The number of nitrogens with two attached hydrogens (primary N) is 1. The van der Waals surface area contributed by atoms with Gasteiger partial charge in [-0.15, -0.1) is 0 Å². The topological polar surface area (TPSA) is 70.1 Å². The Bertz CT molecular complexity index is 1320. The molecule has 34 heavy (non-hydrogen) atoms. The number of fused-ring (bicyclic) bond motifs is 1. The summed E-state index contributed by atoms with van der Waals surface area (Å²) in [4.78, 5) is 13.1. The molecule has 0 amide bonds. The Morgan fingerprint density at radius 3 is 2.47 bits per heavy atom. The van der Waals surface area contributed by atoms with E-state index in [1.54, 1.807) is 24.3 Å². The number of nitrogen functional groups attached to an aromatic ring is 1. The van der Waals surface area contributed by atoms with Crippen LogP contribution in [0.15, 0.2) is 72.8 Å². The van der Waals surface area contributed by atoms with Crippen LogP contribution in [-0.2, 0) is 11.5 Å². The highest BCUT2D eigenvalue weighted by molar-refractivity contribution is 6.76. The summed E-state index contributed by atoms with van der Waals surface area (Å²) in [6.07, 6.45) is 4.06. The monoisotopic (exact) mass is 469 g/mol. The van der Waals surface area contributed by atoms with Crippen molar-refractivity contribution in [3.63, 3.8) is 0 Å². The summed E-state index contributed by atoms with van der Waals surface area (Å²) < 4.78 is 7.84. The van der Waals surface area contributed by atoms with E-state index >= 15 is 0 Å². The van der Waals surface area contributed by atoms with E-state index in [2.05, 4.69) is 31.8 Å². The summed E-state index contributed by atoms with van der Waals surface area (Å²) in [5.74, 6) is -0.0667. The van der Waals surface area contributed by atoms with Gasteiger partial charge in [-0.25, -0.2) is 4.68 Å². The second-order valence-corrected chi connectivity index (χ2v) is 15.3. The lowest BCUT2D eigenvalue weighted by Crippen LogP contribution is -2.22. The molecule has 3 aromatic carbocycles. The van der Waals surface area contributed by atoms with Crippen LogP contribution in [0.4, 0.5) is 5.69 Å². The van der Waals surface area contributed by atoms with Gasteiger partial charge in [0.25, 0.3) is 0 Å². The van der Waals surface area contributed by atoms with Crippen molar-refractivity contribution in [3.05, 3.63) is 95.2 Å². The van der Waals surface area contributed by atoms with Crippen molar-refractivity contribution in [2.45, 2.75) is 32.4 Å². The van der Waals surface area contributed by atoms with Crippen molar-refractivity contribution in [1.29, 1.82) is 0 Å². The first-order valence-electron chi connectivity index (χ1n) is 11.5. The summed E-state index contributed by atoms with van der Waals surface area (Å²) >= 11 is 0. The van der Waals surface area contributed by atoms with Crippen LogP contribution in [0.5, 0.6) is 0 Å². The maximum atomic E-state index is 13.1. The lowest BCUT2D eigenvalue weighted by molar-refractivity contribution is 0.0816. The number of benzene rings is 3. The van der Waals surface area contributed by atoms with E-state index in [-0.39, 0.29) is 5.78 Å². The molecule has 0 unspecified atom stereocenters. The molecule has 5 nitrogen and oxygen atoms in total. The van der Waals surface area contributed by atoms with Crippen LogP contribution in [0, 0.1) is 0 Å². The summed E-state index contributed by atoms with van der Waals surface area (Å²) in [5.41, 5.74) is 10.4. The molecule has 0 saturated carbocycles. The first kappa shape index (κ1) is 23.7. The fraction of sp³-hybridized carbons (Fsp3) is 0.214. The third kappa shape index (κ3) is 5.90. The molecule has 0 aliphatic rings. The number of nitrogens with zero attached hydrogens (tertiary/aromatic N) is 2. The van der Waals surface area contributed by atoms with Gasteiger partial charge in [0.15, 0.2) is 5.78 Å². The van der Waals surface area contributed by atoms with Gasteiger partial charge in [-0.3, -0.25) is 4.79 Å². The largest absolute Gasteiger partial charge is 0.399 e. The second-order valence-electron chi connectivity index (χ2n) is 9.66. The highest BCUT2D eigenvalue weighted by Gasteiger charge is 2.16. The SMILES string of the molecule is C[Si](C)(C)CCOCn1nc(/C=C/c2ccccc2)c2ccc(C(=O)c3cccc(N)c3)cc21. The molecular formula is C28H31N3O2Si. The molecule has 0 radical (unpaired) electrons. The zero-order valence-corrected chi connectivity index (χ0v) is 21.0. The van der Waals surface area contributed by atoms with E-state index in [0.29, 0.717) is 30.2 Å². The average molecular weight is 470 g/mol. The zero-order valence-electron chi connectivity index (χ0n) is 20.0. The van der Waals surface area contributed by atoms with Crippen LogP contribution in [0.1, 0.15) is 27.2 Å². The summed E-state index contributed by atoms with van der Waals surface area (Å²) in [5, 5.41) is 5.79. The number of anilines is 1. The normalized spacial score (nSPS) is 12.0. The predicted molar refractivity (Wildman–Crippen MR) is 143 cm³/mol. The molecule has 4 rings (SSSR count). The summed E-state index contributed by atoms with van der Waals surface area (Å²) in [6.45, 7) is 8.05. The van der Waals surface area contributed by atoms with Crippen molar-refractivity contribution in [2.75, 3.05) is 12.3 Å². The van der Waals surface area contributed by atoms with E-state index < -0.39 is 8.07 Å². The predicted octanol–water partition coefficient (Wildman–Crippen LogP) is 6.33. The number of carbonyl (C=O) groups is 1. The number of ether oxygens (including phenoxy) is 1. The van der Waals surface area contributed by atoms with Crippen LogP contribution in [0.2, 0.25) is 25.7 Å². The van der Waals surface area contributed by atoms with Gasteiger partial charge in [-0.1, -0.05) is 74.2 Å². The highest BCUT2D eigenvalue weighted by atomic mass is 28.3. The number of aromatic nitrogens is 2. The third-order valence-electron chi connectivity index (χ3n) is 5.63. The van der Waals surface area contributed by atoms with Crippen molar-refractivity contribution in [2.24, 2.45) is 0 Å². The number of ketones is 1. The Kier molecular flexibility index (Phi) is 7.10. The van der Waals surface area contributed by atoms with E-state index in [0.717, 1.165) is 28.2 Å². The van der Waals surface area contributed by atoms with Crippen molar-refractivity contribution in [1.82, 2.24) is 9.78 Å². The van der Waals surface area contributed by atoms with Gasteiger partial charge in [-0.2, -0.15) is 5.10 Å². The van der Waals surface area contributed by atoms with E-state index in [4.69, 9.17) is 15.6 Å². The second kappa shape index (κ2) is 10.2. The Labute approximate surface area is 201 Å². The van der Waals surface area contributed by atoms with E-state index in [1.807, 2.05) is 53.2 Å². The zero-order chi connectivity index (χ0) is 24.1. The van der Waals surface area contributed by atoms with Crippen molar-refractivity contribution >= 4 is 42.6 Å². The van der Waals surface area contributed by atoms with Crippen LogP contribution in [-0.4, -0.2) is 30.2 Å². The Morgan fingerprint density at radius 2 is 1.74 bits per heavy atom. The fourth-order valence-electron chi connectivity index (χ4n) is 3.68. The molecule has 2 N–H and O–H groups in total. The molecule has 0 saturated heterocycles. The van der Waals surface area contributed by atoms with Gasteiger partial charge >= 0.3 is 0 Å². The minimum Gasteiger partial charge on any atom is -0.399 e. The molecule has 174 valence electrons. The van der Waals surface area contributed by atoms with Gasteiger partial charge in [0.2, 0.25) is 0 Å². The first-order chi connectivity index (χ1) is 16.3. The number of hydrogen-bond donors (Lipinski definition) is 1. The van der Waals surface area contributed by atoms with Gasteiger partial charge in [0, 0.05) is 36.9 Å². The molecule has 6 heteroatoms. The Hall–Kier alpha value is -3.48. The lowest BCUT2D eigenvalue weighted by atomic mass is 10.0. The number of rotatable bonds is 9. The quantitative estimate of drug-likeness (QED) is 0.135. The molecular weight excluding hydrogens is 438 g/mol. The summed E-state index contributed by atoms with van der Waals surface area (Å²) in [6, 6.07) is 24.0. The van der Waals surface area contributed by atoms with Crippen LogP contribution < -0.4 is 5.73 Å². The van der Waals surface area contributed by atoms with Gasteiger partial charge in [0.05, 0.1) is 11.2 Å². The van der Waals surface area contributed by atoms with Crippen LogP contribution in [0.25, 0.3) is 23.1 Å². The first-order valence-corrected chi connectivity index (χ1v) is 15.2. The minimum absolute atomic E-state index is 0.0667. The molecule has 0 spiro atoms. The number of carbonyl (C=O) groups excluding carboxylic acids is 1. The molecule has 0 aliphatic carbocycles. The van der Waals surface area contributed by atoms with Crippen LogP contribution in [0.3, 0.4) is 0 Å². The van der Waals surface area contributed by atoms with E-state index in [9.17, 15) is 4.79 Å². The fourth-order valence-corrected chi connectivity index (χ4v) is 4.43. The maximum absolute atomic E-state index is 13.1. The number of hydrogen-bond acceptors (Lipinski definition) is 4. The molecule has 0 bridgehead atoms. The molecule has 4 aromatic rings. The van der Waals surface area contributed by atoms with Gasteiger partial charge < -0.3 is 10.5 Å². The third-order valence-corrected chi connectivity index (χ3v) is 7.34. The standard InChI is InChI=1S/C28H31N3O2Si/c1-34(2,3)17-16-33-20-31-27-19-23(28(32)22-10-7-11-24(29)18-22)13-14-25(27)26(30-31)15-12-21-8-5-4-6-9-21/h4-15,18-19H,16-17,20,29H2,1-3H3/b15-12+. The molecule has 0 aliphatic heterocycles. The van der Waals surface area contributed by atoms with Crippen molar-refractivity contribution in [3.8, 4) is 0 Å². The summed E-state index contributed by atoms with van der Waals surface area (Å²) in [7, 11) is -1.18. The molecule has 1 aromatic heterocycles. The smallest absolute Gasteiger partial charge is 0.193 e. The maximum Gasteiger partial charge on any atom is 0.193 e. The van der Waals surface area contributed by atoms with Gasteiger partial charge in [-0.05, 0) is 41.9 Å². The van der Waals surface area contributed by atoms with Crippen molar-refractivity contribution < 1.29 is 9.53 Å². The Morgan fingerprint density at radius 1 is 0.971 bits per heavy atom. The van der Waals surface area contributed by atoms with Gasteiger partial charge in [0.1, 0.15) is 6.73 Å². The lowest BCUT2D eigenvalue weighted by Gasteiger charge is -2.15.